The molecule has 0 spiro atoms. The number of hydrogen-bond donors (Lipinski definition) is 1. The Morgan fingerprint density at radius 2 is 2.10 bits per heavy atom. The fourth-order valence-electron chi connectivity index (χ4n) is 2.62. The van der Waals surface area contributed by atoms with Gasteiger partial charge in [0.05, 0.1) is 18.7 Å². The summed E-state index contributed by atoms with van der Waals surface area (Å²) in [5.74, 6) is 0. The average Bonchev–Trinajstić information content (AvgIpc) is 2.55. The minimum Gasteiger partial charge on any atom is -0.379 e. The average molecular weight is 350 g/mol. The SMILES string of the molecule is Brc1ccc(CNCCN2CCOCC2)c2ncccc12. The highest BCUT2D eigenvalue weighted by Crippen LogP contribution is 2.24. The molecule has 1 aliphatic rings. The summed E-state index contributed by atoms with van der Waals surface area (Å²) in [5, 5.41) is 4.69. The van der Waals surface area contributed by atoms with E-state index >= 15 is 0 Å². The van der Waals surface area contributed by atoms with Gasteiger partial charge in [-0.2, -0.15) is 0 Å². The zero-order chi connectivity index (χ0) is 14.5. The van der Waals surface area contributed by atoms with Crippen LogP contribution < -0.4 is 5.32 Å². The minimum atomic E-state index is 0.852. The summed E-state index contributed by atoms with van der Waals surface area (Å²) in [4.78, 5) is 6.95. The molecule has 21 heavy (non-hydrogen) atoms. The van der Waals surface area contributed by atoms with Gasteiger partial charge in [0.2, 0.25) is 0 Å². The smallest absolute Gasteiger partial charge is 0.0758 e. The number of benzene rings is 1. The molecule has 2 aromatic rings. The van der Waals surface area contributed by atoms with Crippen LogP contribution in [0.4, 0.5) is 0 Å². The minimum absolute atomic E-state index is 0.852. The van der Waals surface area contributed by atoms with Crippen LogP contribution in [0.15, 0.2) is 34.9 Å². The first kappa shape index (κ1) is 14.9. The normalized spacial score (nSPS) is 16.4. The molecule has 1 aromatic carbocycles. The Kier molecular flexibility index (Phi) is 5.19. The summed E-state index contributed by atoms with van der Waals surface area (Å²) < 4.78 is 6.46. The molecule has 1 N–H and O–H groups in total. The number of nitrogens with zero attached hydrogens (tertiary/aromatic N) is 2. The van der Waals surface area contributed by atoms with Gasteiger partial charge in [-0.3, -0.25) is 9.88 Å². The number of morpholine rings is 1. The summed E-state index contributed by atoms with van der Waals surface area (Å²) in [6, 6.07) is 8.32. The van der Waals surface area contributed by atoms with E-state index < -0.39 is 0 Å². The summed E-state index contributed by atoms with van der Waals surface area (Å²) in [7, 11) is 0. The lowest BCUT2D eigenvalue weighted by Crippen LogP contribution is -2.40. The number of ether oxygens (including phenoxy) is 1. The van der Waals surface area contributed by atoms with Crippen LogP contribution in [0.5, 0.6) is 0 Å². The van der Waals surface area contributed by atoms with E-state index in [1.54, 1.807) is 0 Å². The van der Waals surface area contributed by atoms with E-state index in [-0.39, 0.29) is 0 Å². The van der Waals surface area contributed by atoms with Crippen molar-refractivity contribution in [1.82, 2.24) is 15.2 Å². The predicted molar refractivity (Wildman–Crippen MR) is 88.4 cm³/mol. The Balaban J connectivity index is 1.57. The molecule has 1 saturated heterocycles. The van der Waals surface area contributed by atoms with E-state index in [4.69, 9.17) is 4.74 Å². The third-order valence-corrected chi connectivity index (χ3v) is 4.52. The fraction of sp³-hybridized carbons (Fsp3) is 0.438. The number of rotatable bonds is 5. The number of halogens is 1. The lowest BCUT2D eigenvalue weighted by molar-refractivity contribution is 0.0384. The molecule has 0 bridgehead atoms. The Labute approximate surface area is 133 Å². The van der Waals surface area contributed by atoms with Crippen LogP contribution in [0.2, 0.25) is 0 Å². The van der Waals surface area contributed by atoms with Gasteiger partial charge in [-0.05, 0) is 17.7 Å². The van der Waals surface area contributed by atoms with E-state index in [1.165, 1.54) is 10.9 Å². The van der Waals surface area contributed by atoms with Gasteiger partial charge >= 0.3 is 0 Å². The van der Waals surface area contributed by atoms with Crippen LogP contribution in [0.3, 0.4) is 0 Å². The van der Waals surface area contributed by atoms with Gasteiger partial charge in [0.15, 0.2) is 0 Å². The van der Waals surface area contributed by atoms with Crippen molar-refractivity contribution in [1.29, 1.82) is 0 Å². The number of hydrogen-bond acceptors (Lipinski definition) is 4. The number of pyridine rings is 1. The topological polar surface area (TPSA) is 37.4 Å². The van der Waals surface area contributed by atoms with Crippen molar-refractivity contribution in [2.24, 2.45) is 0 Å². The first-order valence-corrected chi connectivity index (χ1v) is 8.17. The molecule has 1 fully saturated rings. The number of nitrogens with one attached hydrogen (secondary N) is 1. The molecular weight excluding hydrogens is 330 g/mol. The van der Waals surface area contributed by atoms with Crippen LogP contribution in [0.25, 0.3) is 10.9 Å². The first-order valence-electron chi connectivity index (χ1n) is 7.37. The van der Waals surface area contributed by atoms with Gasteiger partial charge in [-0.15, -0.1) is 0 Å². The second kappa shape index (κ2) is 7.31. The van der Waals surface area contributed by atoms with Crippen LogP contribution in [0, 0.1) is 0 Å². The largest absolute Gasteiger partial charge is 0.379 e. The highest BCUT2D eigenvalue weighted by molar-refractivity contribution is 9.10. The monoisotopic (exact) mass is 349 g/mol. The summed E-state index contributed by atoms with van der Waals surface area (Å²) in [5.41, 5.74) is 2.32. The Hall–Kier alpha value is -1.01. The molecule has 0 amide bonds. The maximum atomic E-state index is 5.36. The Morgan fingerprint density at radius 1 is 1.24 bits per heavy atom. The maximum absolute atomic E-state index is 5.36. The van der Waals surface area contributed by atoms with Crippen molar-refractivity contribution in [3.8, 4) is 0 Å². The highest BCUT2D eigenvalue weighted by Gasteiger charge is 2.09. The van der Waals surface area contributed by atoms with Gasteiger partial charge in [0, 0.05) is 48.8 Å². The van der Waals surface area contributed by atoms with Crippen molar-refractivity contribution in [2.75, 3.05) is 39.4 Å². The van der Waals surface area contributed by atoms with Gasteiger partial charge in [0.1, 0.15) is 0 Å². The molecule has 1 aliphatic heterocycles. The van der Waals surface area contributed by atoms with E-state index in [0.717, 1.165) is 55.9 Å². The van der Waals surface area contributed by atoms with E-state index in [2.05, 4.69) is 49.3 Å². The molecular formula is C16H20BrN3O. The predicted octanol–water partition coefficient (Wildman–Crippen LogP) is 2.42. The van der Waals surface area contributed by atoms with Crippen molar-refractivity contribution in [3.63, 3.8) is 0 Å². The second-order valence-electron chi connectivity index (χ2n) is 5.24. The lowest BCUT2D eigenvalue weighted by Gasteiger charge is -2.26. The van der Waals surface area contributed by atoms with Gasteiger partial charge in [-0.25, -0.2) is 0 Å². The summed E-state index contributed by atoms with van der Waals surface area (Å²) in [6.45, 7) is 6.73. The summed E-state index contributed by atoms with van der Waals surface area (Å²) >= 11 is 3.59. The molecule has 3 rings (SSSR count). The van der Waals surface area contributed by atoms with Gasteiger partial charge in [0.25, 0.3) is 0 Å². The lowest BCUT2D eigenvalue weighted by atomic mass is 10.1. The molecule has 0 radical (unpaired) electrons. The molecule has 5 heteroatoms. The third-order valence-electron chi connectivity index (χ3n) is 3.82. The van der Waals surface area contributed by atoms with Crippen LogP contribution in [-0.4, -0.2) is 49.3 Å². The molecule has 0 aliphatic carbocycles. The van der Waals surface area contributed by atoms with Gasteiger partial charge in [-0.1, -0.05) is 28.1 Å². The van der Waals surface area contributed by atoms with E-state index in [0.29, 0.717) is 0 Å². The van der Waals surface area contributed by atoms with Crippen LogP contribution >= 0.6 is 15.9 Å². The van der Waals surface area contributed by atoms with Crippen molar-refractivity contribution >= 4 is 26.8 Å². The van der Waals surface area contributed by atoms with E-state index in [9.17, 15) is 0 Å². The van der Waals surface area contributed by atoms with Crippen molar-refractivity contribution < 1.29 is 4.74 Å². The van der Waals surface area contributed by atoms with Crippen LogP contribution in [-0.2, 0) is 11.3 Å². The zero-order valence-corrected chi connectivity index (χ0v) is 13.6. The summed E-state index contributed by atoms with van der Waals surface area (Å²) in [6.07, 6.45) is 1.85. The highest BCUT2D eigenvalue weighted by atomic mass is 79.9. The second-order valence-corrected chi connectivity index (χ2v) is 6.09. The molecule has 0 atom stereocenters. The van der Waals surface area contributed by atoms with Crippen molar-refractivity contribution in [2.45, 2.75) is 6.54 Å². The van der Waals surface area contributed by atoms with E-state index in [1.807, 2.05) is 12.3 Å². The van der Waals surface area contributed by atoms with Crippen molar-refractivity contribution in [3.05, 3.63) is 40.5 Å². The zero-order valence-electron chi connectivity index (χ0n) is 12.0. The molecule has 2 heterocycles. The van der Waals surface area contributed by atoms with Crippen LogP contribution in [0.1, 0.15) is 5.56 Å². The molecule has 0 unspecified atom stereocenters. The quantitative estimate of drug-likeness (QED) is 0.841. The fourth-order valence-corrected chi connectivity index (χ4v) is 3.08. The third kappa shape index (κ3) is 3.80. The molecule has 1 aromatic heterocycles. The number of aromatic nitrogens is 1. The Morgan fingerprint density at radius 3 is 2.95 bits per heavy atom. The maximum Gasteiger partial charge on any atom is 0.0758 e. The number of fused-ring (bicyclic) bond motifs is 1. The Bertz CT molecular complexity index is 599. The standard InChI is InChI=1S/C16H20BrN3O/c17-15-4-3-13(16-14(15)2-1-5-19-16)12-18-6-7-20-8-10-21-11-9-20/h1-5,18H,6-12H2. The molecule has 0 saturated carbocycles. The molecule has 4 nitrogen and oxygen atoms in total. The molecule has 112 valence electrons. The van der Waals surface area contributed by atoms with Gasteiger partial charge < -0.3 is 10.1 Å². The first-order chi connectivity index (χ1) is 10.3.